The normalized spacial score (nSPS) is 18.9. The number of rotatable bonds is 5. The van der Waals surface area contributed by atoms with Crippen molar-refractivity contribution >= 4 is 5.91 Å². The Hall–Kier alpha value is -2.29. The Labute approximate surface area is 146 Å². The molecular formula is C16H24N8O. The summed E-state index contributed by atoms with van der Waals surface area (Å²) in [6.45, 7) is 3.53. The van der Waals surface area contributed by atoms with Gasteiger partial charge in [0, 0.05) is 19.1 Å². The summed E-state index contributed by atoms with van der Waals surface area (Å²) in [6, 6.07) is 2.85. The first kappa shape index (κ1) is 16.2. The Kier molecular flexibility index (Phi) is 4.73. The average Bonchev–Trinajstić information content (AvgIpc) is 3.29. The van der Waals surface area contributed by atoms with Crippen molar-refractivity contribution in [1.82, 2.24) is 40.2 Å². The van der Waals surface area contributed by atoms with Gasteiger partial charge in [0.05, 0.1) is 24.5 Å². The first-order chi connectivity index (χ1) is 12.3. The van der Waals surface area contributed by atoms with Crippen molar-refractivity contribution in [3.8, 4) is 0 Å². The maximum absolute atomic E-state index is 11.9. The minimum Gasteiger partial charge on any atom is -0.349 e. The van der Waals surface area contributed by atoms with Gasteiger partial charge in [-0.15, -0.1) is 5.10 Å². The largest absolute Gasteiger partial charge is 0.349 e. The molecule has 2 aromatic heterocycles. The predicted molar refractivity (Wildman–Crippen MR) is 89.2 cm³/mol. The van der Waals surface area contributed by atoms with Crippen LogP contribution in [0.5, 0.6) is 0 Å². The van der Waals surface area contributed by atoms with E-state index >= 15 is 0 Å². The molecule has 25 heavy (non-hydrogen) atoms. The van der Waals surface area contributed by atoms with Crippen LogP contribution in [0.3, 0.4) is 0 Å². The van der Waals surface area contributed by atoms with Crippen molar-refractivity contribution < 1.29 is 4.79 Å². The number of tetrazole rings is 1. The van der Waals surface area contributed by atoms with E-state index in [0.717, 1.165) is 31.4 Å². The molecule has 3 heterocycles. The molecule has 1 saturated carbocycles. The monoisotopic (exact) mass is 344 g/mol. The van der Waals surface area contributed by atoms with Crippen LogP contribution in [0.15, 0.2) is 12.4 Å². The molecule has 4 rings (SSSR count). The van der Waals surface area contributed by atoms with E-state index in [4.69, 9.17) is 0 Å². The fourth-order valence-corrected chi connectivity index (χ4v) is 3.84. The number of carbonyl (C=O) groups excluding carboxylic acids is 1. The van der Waals surface area contributed by atoms with Crippen LogP contribution < -0.4 is 5.32 Å². The maximum Gasteiger partial charge on any atom is 0.242 e. The Morgan fingerprint density at radius 3 is 2.92 bits per heavy atom. The lowest BCUT2D eigenvalue weighted by Crippen LogP contribution is -2.42. The van der Waals surface area contributed by atoms with Gasteiger partial charge in [-0.25, -0.2) is 4.68 Å². The Morgan fingerprint density at radius 1 is 1.24 bits per heavy atom. The predicted octanol–water partition coefficient (Wildman–Crippen LogP) is 0.334. The van der Waals surface area contributed by atoms with Crippen LogP contribution in [-0.2, 0) is 31.0 Å². The second-order valence-electron chi connectivity index (χ2n) is 6.90. The van der Waals surface area contributed by atoms with Gasteiger partial charge in [-0.1, -0.05) is 19.3 Å². The van der Waals surface area contributed by atoms with Gasteiger partial charge in [0.15, 0.2) is 0 Å². The summed E-state index contributed by atoms with van der Waals surface area (Å²) in [5, 5.41) is 18.2. The van der Waals surface area contributed by atoms with Crippen molar-refractivity contribution in [2.75, 3.05) is 6.54 Å². The molecule has 2 aromatic rings. The SMILES string of the molecule is O=C(Cn1cnnn1)NCc1cc2n(n1)CCN(C1CCCCC1)C2. The number of nitrogens with zero attached hydrogens (tertiary/aromatic N) is 7. The maximum atomic E-state index is 11.9. The van der Waals surface area contributed by atoms with E-state index in [0.29, 0.717) is 6.54 Å². The highest BCUT2D eigenvalue weighted by Gasteiger charge is 2.25. The van der Waals surface area contributed by atoms with Crippen molar-refractivity contribution in [3.63, 3.8) is 0 Å². The van der Waals surface area contributed by atoms with Gasteiger partial charge >= 0.3 is 0 Å². The molecule has 0 radical (unpaired) electrons. The lowest BCUT2D eigenvalue weighted by atomic mass is 9.94. The molecule has 1 N–H and O–H groups in total. The minimum atomic E-state index is -0.123. The molecule has 0 bridgehead atoms. The number of amides is 1. The summed E-state index contributed by atoms with van der Waals surface area (Å²) in [5.41, 5.74) is 2.16. The van der Waals surface area contributed by atoms with Gasteiger partial charge < -0.3 is 5.32 Å². The van der Waals surface area contributed by atoms with Gasteiger partial charge in [-0.05, 0) is 29.3 Å². The Bertz CT molecular complexity index is 704. The van der Waals surface area contributed by atoms with E-state index in [1.165, 1.54) is 48.8 Å². The molecule has 9 nitrogen and oxygen atoms in total. The van der Waals surface area contributed by atoms with E-state index in [2.05, 4.69) is 41.6 Å². The first-order valence-corrected chi connectivity index (χ1v) is 9.05. The summed E-state index contributed by atoms with van der Waals surface area (Å²) in [6.07, 6.45) is 8.19. The highest BCUT2D eigenvalue weighted by Crippen LogP contribution is 2.26. The molecule has 1 aliphatic carbocycles. The van der Waals surface area contributed by atoms with Crippen molar-refractivity contribution in [2.24, 2.45) is 0 Å². The van der Waals surface area contributed by atoms with Crippen LogP contribution in [0.4, 0.5) is 0 Å². The summed E-state index contributed by atoms with van der Waals surface area (Å²) in [7, 11) is 0. The fourth-order valence-electron chi connectivity index (χ4n) is 3.84. The van der Waals surface area contributed by atoms with Crippen LogP contribution in [0.1, 0.15) is 43.5 Å². The van der Waals surface area contributed by atoms with Gasteiger partial charge in [0.25, 0.3) is 0 Å². The lowest BCUT2D eigenvalue weighted by Gasteiger charge is -2.36. The molecule has 0 atom stereocenters. The fraction of sp³-hybridized carbons (Fsp3) is 0.688. The minimum absolute atomic E-state index is 0.121. The summed E-state index contributed by atoms with van der Waals surface area (Å²) >= 11 is 0. The molecule has 1 amide bonds. The highest BCUT2D eigenvalue weighted by atomic mass is 16.2. The van der Waals surface area contributed by atoms with Gasteiger partial charge in [0.2, 0.25) is 5.91 Å². The number of hydrogen-bond acceptors (Lipinski definition) is 6. The molecular weight excluding hydrogens is 320 g/mol. The van der Waals surface area contributed by atoms with Gasteiger partial charge in [0.1, 0.15) is 12.9 Å². The molecule has 1 fully saturated rings. The second kappa shape index (κ2) is 7.30. The molecule has 9 heteroatoms. The van der Waals surface area contributed by atoms with Crippen molar-refractivity contribution in [3.05, 3.63) is 23.8 Å². The quantitative estimate of drug-likeness (QED) is 0.840. The van der Waals surface area contributed by atoms with E-state index in [9.17, 15) is 4.79 Å². The van der Waals surface area contributed by atoms with E-state index in [1.807, 2.05) is 0 Å². The van der Waals surface area contributed by atoms with Crippen LogP contribution >= 0.6 is 0 Å². The molecule has 0 saturated heterocycles. The standard InChI is InChI=1S/C16H24N8O/c25-16(11-23-12-18-20-21-23)17-9-13-8-15-10-22(6-7-24(15)19-13)14-4-2-1-3-5-14/h8,12,14H,1-7,9-11H2,(H,17,25). The van der Waals surface area contributed by atoms with Gasteiger partial charge in [-0.2, -0.15) is 5.10 Å². The number of fused-ring (bicyclic) bond motifs is 1. The summed E-state index contributed by atoms with van der Waals surface area (Å²) < 4.78 is 3.48. The number of hydrogen-bond donors (Lipinski definition) is 1. The number of carbonyl (C=O) groups is 1. The third-order valence-corrected chi connectivity index (χ3v) is 5.13. The Balaban J connectivity index is 1.31. The molecule has 2 aliphatic rings. The zero-order valence-corrected chi connectivity index (χ0v) is 14.3. The molecule has 1 aliphatic heterocycles. The van der Waals surface area contributed by atoms with Crippen LogP contribution in [0.2, 0.25) is 0 Å². The summed E-state index contributed by atoms with van der Waals surface area (Å²) in [5.74, 6) is -0.123. The lowest BCUT2D eigenvalue weighted by molar-refractivity contribution is -0.122. The topological polar surface area (TPSA) is 93.8 Å². The van der Waals surface area contributed by atoms with Gasteiger partial charge in [-0.3, -0.25) is 14.4 Å². The molecule has 0 aromatic carbocycles. The van der Waals surface area contributed by atoms with E-state index in [1.54, 1.807) is 0 Å². The zero-order chi connectivity index (χ0) is 17.1. The van der Waals surface area contributed by atoms with Crippen LogP contribution in [-0.4, -0.2) is 53.4 Å². The molecule has 0 unspecified atom stereocenters. The zero-order valence-electron chi connectivity index (χ0n) is 14.3. The summed E-state index contributed by atoms with van der Waals surface area (Å²) in [4.78, 5) is 14.5. The average molecular weight is 344 g/mol. The van der Waals surface area contributed by atoms with Crippen LogP contribution in [0, 0.1) is 0 Å². The van der Waals surface area contributed by atoms with Crippen molar-refractivity contribution in [1.29, 1.82) is 0 Å². The third-order valence-electron chi connectivity index (χ3n) is 5.13. The van der Waals surface area contributed by atoms with Crippen molar-refractivity contribution in [2.45, 2.75) is 64.3 Å². The third kappa shape index (κ3) is 3.87. The van der Waals surface area contributed by atoms with E-state index in [-0.39, 0.29) is 12.5 Å². The second-order valence-corrected chi connectivity index (χ2v) is 6.90. The van der Waals surface area contributed by atoms with E-state index < -0.39 is 0 Å². The Morgan fingerprint density at radius 2 is 2.12 bits per heavy atom. The van der Waals surface area contributed by atoms with Crippen LogP contribution in [0.25, 0.3) is 0 Å². The number of nitrogens with one attached hydrogen (secondary N) is 1. The highest BCUT2D eigenvalue weighted by molar-refractivity contribution is 5.75. The molecule has 134 valence electrons. The molecule has 0 spiro atoms. The first-order valence-electron chi connectivity index (χ1n) is 9.05. The smallest absolute Gasteiger partial charge is 0.242 e. The number of aromatic nitrogens is 6.